The van der Waals surface area contributed by atoms with E-state index in [-0.39, 0.29) is 17.2 Å². The summed E-state index contributed by atoms with van der Waals surface area (Å²) in [5, 5.41) is 0. The Labute approximate surface area is 107 Å². The molecule has 4 nitrogen and oxygen atoms in total. The first-order valence-corrected chi connectivity index (χ1v) is 6.11. The summed E-state index contributed by atoms with van der Waals surface area (Å²) in [6.45, 7) is 5.03. The monoisotopic (exact) mass is 246 g/mol. The molecule has 2 N–H and O–H groups in total. The molecule has 0 atom stereocenters. The van der Waals surface area contributed by atoms with Gasteiger partial charge in [0.1, 0.15) is 0 Å². The minimum absolute atomic E-state index is 0.0602. The first kappa shape index (κ1) is 12.8. The quantitative estimate of drug-likeness (QED) is 0.822. The molecule has 0 fully saturated rings. The Morgan fingerprint density at radius 1 is 1.11 bits per heavy atom. The van der Waals surface area contributed by atoms with E-state index >= 15 is 0 Å². The first-order valence-electron chi connectivity index (χ1n) is 6.11. The van der Waals surface area contributed by atoms with Crippen molar-refractivity contribution in [2.24, 2.45) is 11.1 Å². The zero-order valence-corrected chi connectivity index (χ0v) is 10.8. The lowest BCUT2D eigenvalue weighted by Gasteiger charge is -2.24. The van der Waals surface area contributed by atoms with Crippen LogP contribution in [-0.4, -0.2) is 29.8 Å². The van der Waals surface area contributed by atoms with E-state index in [0.29, 0.717) is 24.2 Å². The average molecular weight is 246 g/mol. The Bertz CT molecular complexity index is 459. The molecule has 1 aliphatic heterocycles. The molecule has 0 unspecified atom stereocenters. The topological polar surface area (TPSA) is 63.4 Å². The van der Waals surface area contributed by atoms with Gasteiger partial charge in [0, 0.05) is 6.54 Å². The third-order valence-electron chi connectivity index (χ3n) is 3.44. The highest BCUT2D eigenvalue weighted by Gasteiger charge is 2.35. The molecular weight excluding hydrogens is 228 g/mol. The van der Waals surface area contributed by atoms with Crippen molar-refractivity contribution in [2.75, 3.05) is 13.1 Å². The SMILES string of the molecule is CC(C)(CN)CCN1C(=O)c2ccccc2C1=O. The molecule has 1 aliphatic rings. The zero-order valence-electron chi connectivity index (χ0n) is 10.8. The summed E-state index contributed by atoms with van der Waals surface area (Å²) in [6, 6.07) is 6.95. The van der Waals surface area contributed by atoms with Gasteiger partial charge >= 0.3 is 0 Å². The predicted molar refractivity (Wildman–Crippen MR) is 69.3 cm³/mol. The van der Waals surface area contributed by atoms with Crippen molar-refractivity contribution < 1.29 is 9.59 Å². The Hall–Kier alpha value is -1.68. The minimum atomic E-state index is -0.191. The summed E-state index contributed by atoms with van der Waals surface area (Å²) in [7, 11) is 0. The Balaban J connectivity index is 2.14. The van der Waals surface area contributed by atoms with Gasteiger partial charge in [0.05, 0.1) is 11.1 Å². The summed E-state index contributed by atoms with van der Waals surface area (Å²) in [4.78, 5) is 25.5. The first-order chi connectivity index (χ1) is 8.46. The smallest absolute Gasteiger partial charge is 0.261 e. The van der Waals surface area contributed by atoms with Crippen molar-refractivity contribution in [1.29, 1.82) is 0 Å². The van der Waals surface area contributed by atoms with E-state index < -0.39 is 0 Å². The highest BCUT2D eigenvalue weighted by Crippen LogP contribution is 2.25. The highest BCUT2D eigenvalue weighted by molar-refractivity contribution is 6.21. The maximum atomic E-state index is 12.1. The second-order valence-electron chi connectivity index (χ2n) is 5.43. The Morgan fingerprint density at radius 3 is 2.06 bits per heavy atom. The van der Waals surface area contributed by atoms with Crippen LogP contribution in [0.2, 0.25) is 0 Å². The van der Waals surface area contributed by atoms with Crippen molar-refractivity contribution in [3.8, 4) is 0 Å². The molecule has 1 aromatic rings. The van der Waals surface area contributed by atoms with Crippen molar-refractivity contribution >= 4 is 11.8 Å². The molecule has 0 spiro atoms. The zero-order chi connectivity index (χ0) is 13.3. The second kappa shape index (κ2) is 4.53. The van der Waals surface area contributed by atoms with Crippen LogP contribution in [0, 0.1) is 5.41 Å². The number of imide groups is 1. The number of rotatable bonds is 4. The van der Waals surface area contributed by atoms with Crippen LogP contribution in [0.4, 0.5) is 0 Å². The fraction of sp³-hybridized carbons (Fsp3) is 0.429. The van der Waals surface area contributed by atoms with Gasteiger partial charge in [-0.05, 0) is 30.5 Å². The lowest BCUT2D eigenvalue weighted by Crippen LogP contribution is -2.35. The third-order valence-corrected chi connectivity index (χ3v) is 3.44. The maximum Gasteiger partial charge on any atom is 0.261 e. The fourth-order valence-electron chi connectivity index (χ4n) is 1.96. The van der Waals surface area contributed by atoms with Gasteiger partial charge in [0.25, 0.3) is 11.8 Å². The molecule has 0 saturated carbocycles. The molecule has 96 valence electrons. The lowest BCUT2D eigenvalue weighted by atomic mass is 9.89. The number of carbonyl (C=O) groups is 2. The maximum absolute atomic E-state index is 12.1. The molecule has 18 heavy (non-hydrogen) atoms. The molecule has 4 heteroatoms. The molecule has 0 bridgehead atoms. The van der Waals surface area contributed by atoms with Crippen LogP contribution in [0.1, 0.15) is 41.0 Å². The van der Waals surface area contributed by atoms with Crippen LogP contribution in [0.5, 0.6) is 0 Å². The molecule has 0 radical (unpaired) electrons. The van der Waals surface area contributed by atoms with Crippen LogP contribution in [0.3, 0.4) is 0 Å². The number of fused-ring (bicyclic) bond motifs is 1. The predicted octanol–water partition coefficient (Wildman–Crippen LogP) is 1.66. The van der Waals surface area contributed by atoms with Gasteiger partial charge < -0.3 is 5.73 Å². The summed E-state index contributed by atoms with van der Waals surface area (Å²) in [5.41, 5.74) is 6.61. The van der Waals surface area contributed by atoms with Crippen molar-refractivity contribution in [2.45, 2.75) is 20.3 Å². The van der Waals surface area contributed by atoms with E-state index in [0.717, 1.165) is 6.42 Å². The normalized spacial score (nSPS) is 15.2. The highest BCUT2D eigenvalue weighted by atomic mass is 16.2. The summed E-state index contributed by atoms with van der Waals surface area (Å²) in [6.07, 6.45) is 0.717. The van der Waals surface area contributed by atoms with Crippen LogP contribution < -0.4 is 5.73 Å². The molecule has 2 rings (SSSR count). The number of nitrogens with zero attached hydrogens (tertiary/aromatic N) is 1. The largest absolute Gasteiger partial charge is 0.330 e. The molecule has 1 heterocycles. The van der Waals surface area contributed by atoms with Crippen molar-refractivity contribution in [3.05, 3.63) is 35.4 Å². The molecule has 0 saturated heterocycles. The molecule has 0 aromatic heterocycles. The lowest BCUT2D eigenvalue weighted by molar-refractivity contribution is 0.0637. The van der Waals surface area contributed by atoms with Crippen LogP contribution in [0.15, 0.2) is 24.3 Å². The summed E-state index contributed by atoms with van der Waals surface area (Å²) < 4.78 is 0. The van der Waals surface area contributed by atoms with E-state index in [2.05, 4.69) is 0 Å². The van der Waals surface area contributed by atoms with Crippen LogP contribution in [0.25, 0.3) is 0 Å². The standard InChI is InChI=1S/C14H18N2O2/c1-14(2,9-15)7-8-16-12(17)10-5-3-4-6-11(10)13(16)18/h3-6H,7-9,15H2,1-2H3. The summed E-state index contributed by atoms with van der Waals surface area (Å²) in [5.74, 6) is -0.383. The van der Waals surface area contributed by atoms with Gasteiger partial charge in [-0.15, -0.1) is 0 Å². The number of amides is 2. The number of hydrogen-bond acceptors (Lipinski definition) is 3. The van der Waals surface area contributed by atoms with Gasteiger partial charge in [-0.1, -0.05) is 26.0 Å². The molecule has 1 aromatic carbocycles. The van der Waals surface area contributed by atoms with Crippen LogP contribution in [-0.2, 0) is 0 Å². The van der Waals surface area contributed by atoms with Crippen molar-refractivity contribution in [1.82, 2.24) is 4.90 Å². The van der Waals surface area contributed by atoms with E-state index in [9.17, 15) is 9.59 Å². The van der Waals surface area contributed by atoms with E-state index in [1.165, 1.54) is 4.90 Å². The van der Waals surface area contributed by atoms with Crippen molar-refractivity contribution in [3.63, 3.8) is 0 Å². The van der Waals surface area contributed by atoms with Gasteiger partial charge in [-0.25, -0.2) is 0 Å². The van der Waals surface area contributed by atoms with Gasteiger partial charge in [0.2, 0.25) is 0 Å². The van der Waals surface area contributed by atoms with E-state index in [4.69, 9.17) is 5.73 Å². The van der Waals surface area contributed by atoms with E-state index in [1.807, 2.05) is 13.8 Å². The third kappa shape index (κ3) is 2.16. The Morgan fingerprint density at radius 2 is 1.61 bits per heavy atom. The molecule has 0 aliphatic carbocycles. The fourth-order valence-corrected chi connectivity index (χ4v) is 1.96. The number of benzene rings is 1. The average Bonchev–Trinajstić information content (AvgIpc) is 2.61. The minimum Gasteiger partial charge on any atom is -0.330 e. The van der Waals surface area contributed by atoms with Gasteiger partial charge in [-0.3, -0.25) is 14.5 Å². The summed E-state index contributed by atoms with van der Waals surface area (Å²) >= 11 is 0. The van der Waals surface area contributed by atoms with Crippen LogP contribution >= 0.6 is 0 Å². The Kier molecular flexibility index (Phi) is 3.22. The second-order valence-corrected chi connectivity index (χ2v) is 5.43. The van der Waals surface area contributed by atoms with Gasteiger partial charge in [0.15, 0.2) is 0 Å². The molecule has 2 amide bonds. The van der Waals surface area contributed by atoms with Gasteiger partial charge in [-0.2, -0.15) is 0 Å². The molecular formula is C14H18N2O2. The number of hydrogen-bond donors (Lipinski definition) is 1. The van der Waals surface area contributed by atoms with E-state index in [1.54, 1.807) is 24.3 Å². The number of nitrogens with two attached hydrogens (primary N) is 1. The number of carbonyl (C=O) groups excluding carboxylic acids is 2.